The van der Waals surface area contributed by atoms with Gasteiger partial charge in [-0.2, -0.15) is 5.26 Å². The lowest BCUT2D eigenvalue weighted by atomic mass is 10.1. The summed E-state index contributed by atoms with van der Waals surface area (Å²) in [6, 6.07) is 7.04. The van der Waals surface area contributed by atoms with Gasteiger partial charge in [-0.05, 0) is 18.2 Å². The van der Waals surface area contributed by atoms with Gasteiger partial charge in [-0.3, -0.25) is 4.79 Å². The Balaban J connectivity index is 2.65. The van der Waals surface area contributed by atoms with Gasteiger partial charge in [0.1, 0.15) is 0 Å². The first-order valence-electron chi connectivity index (χ1n) is 5.05. The van der Waals surface area contributed by atoms with Crippen LogP contribution in [0.1, 0.15) is 24.5 Å². The largest absolute Gasteiger partial charge is 0.398 e. The molecule has 1 aromatic rings. The quantitative estimate of drug-likeness (QED) is 0.492. The van der Waals surface area contributed by atoms with Crippen LogP contribution < -0.4 is 5.73 Å². The fourth-order valence-corrected chi connectivity index (χ4v) is 1.63. The number of nitrogens with two attached hydrogens (primary N) is 1. The molecule has 0 aliphatic carbocycles. The molecule has 0 saturated carbocycles. The van der Waals surface area contributed by atoms with Crippen LogP contribution in [0.15, 0.2) is 18.2 Å². The number of nitrogens with zero attached hydrogens (tertiary/aromatic N) is 1. The zero-order valence-electron chi connectivity index (χ0n) is 9.49. The molecule has 0 saturated heterocycles. The van der Waals surface area contributed by atoms with Crippen LogP contribution in [-0.2, 0) is 4.79 Å². The molecule has 17 heavy (non-hydrogen) atoms. The van der Waals surface area contributed by atoms with Crippen molar-refractivity contribution in [1.29, 1.82) is 5.26 Å². The minimum atomic E-state index is 0.0952. The summed E-state index contributed by atoms with van der Waals surface area (Å²) >= 11 is 1.25. The summed E-state index contributed by atoms with van der Waals surface area (Å²) in [5.74, 6) is 6.53. The monoisotopic (exact) mass is 244 g/mol. The molecule has 0 atom stereocenters. The van der Waals surface area contributed by atoms with E-state index in [1.165, 1.54) is 18.7 Å². The van der Waals surface area contributed by atoms with E-state index >= 15 is 0 Å². The lowest BCUT2D eigenvalue weighted by molar-refractivity contribution is -0.109. The van der Waals surface area contributed by atoms with Crippen LogP contribution in [0.4, 0.5) is 5.69 Å². The number of carbonyl (C=O) groups excluding carboxylic acids is 1. The molecule has 0 fully saturated rings. The SMILES string of the molecule is CC(=O)SCCC#Cc1cc(C#N)ccc1N. The summed E-state index contributed by atoms with van der Waals surface area (Å²) in [5.41, 5.74) is 7.51. The average molecular weight is 244 g/mol. The average Bonchev–Trinajstić information content (AvgIpc) is 2.30. The second-order valence-electron chi connectivity index (χ2n) is 3.31. The third-order valence-electron chi connectivity index (χ3n) is 1.94. The van der Waals surface area contributed by atoms with Crippen molar-refractivity contribution in [2.45, 2.75) is 13.3 Å². The summed E-state index contributed by atoms with van der Waals surface area (Å²) in [7, 11) is 0. The van der Waals surface area contributed by atoms with E-state index in [1.807, 2.05) is 6.07 Å². The maximum Gasteiger partial charge on any atom is 0.185 e. The van der Waals surface area contributed by atoms with Crippen molar-refractivity contribution in [2.75, 3.05) is 11.5 Å². The first-order valence-corrected chi connectivity index (χ1v) is 6.04. The highest BCUT2D eigenvalue weighted by molar-refractivity contribution is 8.13. The van der Waals surface area contributed by atoms with Gasteiger partial charge in [0.05, 0.1) is 11.6 Å². The Morgan fingerprint density at radius 3 is 2.94 bits per heavy atom. The summed E-state index contributed by atoms with van der Waals surface area (Å²) < 4.78 is 0. The Morgan fingerprint density at radius 1 is 1.53 bits per heavy atom. The Hall–Kier alpha value is -1.91. The molecule has 0 aliphatic heterocycles. The fraction of sp³-hybridized carbons (Fsp3) is 0.231. The van der Waals surface area contributed by atoms with Crippen molar-refractivity contribution >= 4 is 22.6 Å². The van der Waals surface area contributed by atoms with E-state index in [-0.39, 0.29) is 5.12 Å². The van der Waals surface area contributed by atoms with Crippen LogP contribution in [0.3, 0.4) is 0 Å². The number of anilines is 1. The minimum absolute atomic E-state index is 0.0952. The number of carbonyl (C=O) groups is 1. The number of rotatable bonds is 2. The predicted octanol–water partition coefficient (Wildman–Crippen LogP) is 2.16. The molecule has 0 aliphatic rings. The molecule has 2 N–H and O–H groups in total. The molecule has 0 aromatic heterocycles. The zero-order chi connectivity index (χ0) is 12.7. The van der Waals surface area contributed by atoms with Gasteiger partial charge < -0.3 is 5.73 Å². The topological polar surface area (TPSA) is 66.9 Å². The van der Waals surface area contributed by atoms with E-state index in [4.69, 9.17) is 11.0 Å². The number of nitrogen functional groups attached to an aromatic ring is 1. The highest BCUT2D eigenvalue weighted by Crippen LogP contribution is 2.12. The van der Waals surface area contributed by atoms with Gasteiger partial charge in [0, 0.05) is 30.3 Å². The number of benzene rings is 1. The molecular formula is C13H12N2OS. The molecular weight excluding hydrogens is 232 g/mol. The van der Waals surface area contributed by atoms with Gasteiger partial charge in [-0.15, -0.1) is 0 Å². The van der Waals surface area contributed by atoms with Crippen molar-refractivity contribution in [2.24, 2.45) is 0 Å². The van der Waals surface area contributed by atoms with Gasteiger partial charge in [0.25, 0.3) is 0 Å². The summed E-state index contributed by atoms with van der Waals surface area (Å²) in [4.78, 5) is 10.7. The standard InChI is InChI=1S/C13H12N2OS/c1-10(16)17-7-3-2-4-12-8-11(9-14)5-6-13(12)15/h5-6,8H,3,7,15H2,1H3. The van der Waals surface area contributed by atoms with E-state index < -0.39 is 0 Å². The molecule has 86 valence electrons. The van der Waals surface area contributed by atoms with Crippen molar-refractivity contribution in [3.8, 4) is 17.9 Å². The van der Waals surface area contributed by atoms with Crippen LogP contribution in [0.25, 0.3) is 0 Å². The smallest absolute Gasteiger partial charge is 0.185 e. The molecule has 0 amide bonds. The Labute approximate surface area is 105 Å². The zero-order valence-corrected chi connectivity index (χ0v) is 10.3. The Kier molecular flexibility index (Phi) is 5.13. The second kappa shape index (κ2) is 6.62. The lowest BCUT2D eigenvalue weighted by Crippen LogP contribution is -1.91. The van der Waals surface area contributed by atoms with Gasteiger partial charge in [-0.25, -0.2) is 0 Å². The molecule has 0 spiro atoms. The number of nitriles is 1. The molecule has 1 rings (SSSR count). The lowest BCUT2D eigenvalue weighted by Gasteiger charge is -1.97. The van der Waals surface area contributed by atoms with Gasteiger partial charge in [0.2, 0.25) is 0 Å². The van der Waals surface area contributed by atoms with E-state index in [0.29, 0.717) is 29.0 Å². The Bertz CT molecular complexity index is 520. The fourth-order valence-electron chi connectivity index (χ4n) is 1.14. The number of hydrogen-bond acceptors (Lipinski definition) is 4. The molecule has 0 unspecified atom stereocenters. The second-order valence-corrected chi connectivity index (χ2v) is 4.58. The first kappa shape index (κ1) is 13.2. The molecule has 0 heterocycles. The normalized spacial score (nSPS) is 8.94. The molecule has 3 nitrogen and oxygen atoms in total. The third kappa shape index (κ3) is 4.63. The van der Waals surface area contributed by atoms with Crippen molar-refractivity contribution in [3.63, 3.8) is 0 Å². The van der Waals surface area contributed by atoms with E-state index in [2.05, 4.69) is 11.8 Å². The predicted molar refractivity (Wildman–Crippen MR) is 70.2 cm³/mol. The van der Waals surface area contributed by atoms with Crippen LogP contribution in [0.5, 0.6) is 0 Å². The minimum Gasteiger partial charge on any atom is -0.398 e. The van der Waals surface area contributed by atoms with Gasteiger partial charge >= 0.3 is 0 Å². The van der Waals surface area contributed by atoms with E-state index in [1.54, 1.807) is 18.2 Å². The third-order valence-corrected chi connectivity index (χ3v) is 2.75. The van der Waals surface area contributed by atoms with Crippen molar-refractivity contribution in [3.05, 3.63) is 29.3 Å². The van der Waals surface area contributed by atoms with E-state index in [0.717, 1.165) is 0 Å². The molecule has 0 bridgehead atoms. The number of hydrogen-bond donors (Lipinski definition) is 1. The first-order chi connectivity index (χ1) is 8.13. The highest BCUT2D eigenvalue weighted by atomic mass is 32.2. The maximum atomic E-state index is 10.7. The van der Waals surface area contributed by atoms with Crippen LogP contribution in [-0.4, -0.2) is 10.9 Å². The van der Waals surface area contributed by atoms with Gasteiger partial charge in [-0.1, -0.05) is 23.6 Å². The highest BCUT2D eigenvalue weighted by Gasteiger charge is 1.97. The summed E-state index contributed by atoms with van der Waals surface area (Å²) in [6.07, 6.45) is 0.625. The molecule has 0 radical (unpaired) electrons. The molecule has 4 heteroatoms. The van der Waals surface area contributed by atoms with Gasteiger partial charge in [0.15, 0.2) is 5.12 Å². The maximum absolute atomic E-state index is 10.7. The van der Waals surface area contributed by atoms with Crippen LogP contribution >= 0.6 is 11.8 Å². The van der Waals surface area contributed by atoms with Crippen molar-refractivity contribution in [1.82, 2.24) is 0 Å². The Morgan fingerprint density at radius 2 is 2.29 bits per heavy atom. The van der Waals surface area contributed by atoms with E-state index in [9.17, 15) is 4.79 Å². The van der Waals surface area contributed by atoms with Crippen LogP contribution in [0.2, 0.25) is 0 Å². The summed E-state index contributed by atoms with van der Waals surface area (Å²) in [6.45, 7) is 1.53. The summed E-state index contributed by atoms with van der Waals surface area (Å²) in [5, 5.41) is 8.84. The molecule has 1 aromatic carbocycles. The van der Waals surface area contributed by atoms with Crippen LogP contribution in [0, 0.1) is 23.2 Å². The number of thioether (sulfide) groups is 1. The van der Waals surface area contributed by atoms with Crippen molar-refractivity contribution < 1.29 is 4.79 Å².